The Morgan fingerprint density at radius 1 is 0.895 bits per heavy atom. The Bertz CT molecular complexity index is 265. The summed E-state index contributed by atoms with van der Waals surface area (Å²) in [6.07, 6.45) is 19.4. The molecule has 1 heteroatoms. The van der Waals surface area contributed by atoms with Gasteiger partial charge in [-0.15, -0.1) is 0 Å². The van der Waals surface area contributed by atoms with Crippen LogP contribution in [0, 0.1) is 0 Å². The van der Waals surface area contributed by atoms with Crippen molar-refractivity contribution in [3.63, 3.8) is 0 Å². The van der Waals surface area contributed by atoms with Gasteiger partial charge in [-0.3, -0.25) is 4.79 Å². The third-order valence-electron chi connectivity index (χ3n) is 4.16. The Labute approximate surface area is 119 Å². The van der Waals surface area contributed by atoms with Crippen LogP contribution in [0.1, 0.15) is 96.8 Å². The van der Waals surface area contributed by atoms with E-state index >= 15 is 0 Å². The third kappa shape index (κ3) is 8.23. The van der Waals surface area contributed by atoms with E-state index < -0.39 is 0 Å². The molecule has 0 unspecified atom stereocenters. The minimum atomic E-state index is 0.440. The second kappa shape index (κ2) is 11.3. The van der Waals surface area contributed by atoms with Crippen LogP contribution < -0.4 is 0 Å². The van der Waals surface area contributed by atoms with Crippen molar-refractivity contribution in [2.45, 2.75) is 96.8 Å². The summed E-state index contributed by atoms with van der Waals surface area (Å²) in [7, 11) is 0. The summed E-state index contributed by atoms with van der Waals surface area (Å²) < 4.78 is 0. The summed E-state index contributed by atoms with van der Waals surface area (Å²) in [5.41, 5.74) is 1.15. The van der Waals surface area contributed by atoms with Crippen LogP contribution in [0.2, 0.25) is 0 Å². The number of ketones is 1. The predicted molar refractivity (Wildman–Crippen MR) is 83.4 cm³/mol. The average Bonchev–Trinajstić information content (AvgIpc) is 2.43. The second-order valence-electron chi connectivity index (χ2n) is 5.98. The first-order valence-electron chi connectivity index (χ1n) is 8.57. The molecule has 0 N–H and O–H groups in total. The van der Waals surface area contributed by atoms with Crippen LogP contribution in [0.5, 0.6) is 0 Å². The molecular formula is C18H32O. The zero-order chi connectivity index (χ0) is 13.8. The molecule has 0 aliphatic heterocycles. The number of allylic oxidation sites excluding steroid dienone is 2. The van der Waals surface area contributed by atoms with E-state index in [-0.39, 0.29) is 0 Å². The smallest absolute Gasteiger partial charge is 0.158 e. The maximum absolute atomic E-state index is 12.1. The first kappa shape index (κ1) is 16.5. The van der Waals surface area contributed by atoms with Crippen molar-refractivity contribution >= 4 is 5.78 Å². The molecule has 0 saturated heterocycles. The lowest BCUT2D eigenvalue weighted by Gasteiger charge is -2.09. The van der Waals surface area contributed by atoms with Crippen molar-refractivity contribution < 1.29 is 4.79 Å². The van der Waals surface area contributed by atoms with Crippen LogP contribution in [0.15, 0.2) is 11.6 Å². The molecule has 1 rings (SSSR count). The second-order valence-corrected chi connectivity index (χ2v) is 5.98. The van der Waals surface area contributed by atoms with Gasteiger partial charge in [0, 0.05) is 6.42 Å². The fourth-order valence-corrected chi connectivity index (χ4v) is 2.85. The van der Waals surface area contributed by atoms with Crippen molar-refractivity contribution in [1.29, 1.82) is 0 Å². The maximum atomic E-state index is 12.1. The molecule has 0 amide bonds. The molecule has 0 heterocycles. The minimum Gasteiger partial charge on any atom is -0.295 e. The first-order chi connectivity index (χ1) is 9.34. The maximum Gasteiger partial charge on any atom is 0.158 e. The van der Waals surface area contributed by atoms with Gasteiger partial charge in [0.25, 0.3) is 0 Å². The molecule has 0 aromatic heterocycles. The minimum absolute atomic E-state index is 0.440. The van der Waals surface area contributed by atoms with Crippen molar-refractivity contribution in [2.75, 3.05) is 0 Å². The third-order valence-corrected chi connectivity index (χ3v) is 4.16. The number of hydrogen-bond donors (Lipinski definition) is 0. The van der Waals surface area contributed by atoms with Gasteiger partial charge in [-0.1, -0.05) is 64.4 Å². The summed E-state index contributed by atoms with van der Waals surface area (Å²) in [5.74, 6) is 0.440. The fraction of sp³-hybridized carbons (Fsp3) is 0.833. The SMILES string of the molecule is CCCCCCCC/C1=C\CCCCCCCC1=O. The Kier molecular flexibility index (Phi) is 9.75. The first-order valence-corrected chi connectivity index (χ1v) is 8.57. The van der Waals surface area contributed by atoms with Crippen molar-refractivity contribution in [3.05, 3.63) is 11.6 Å². The van der Waals surface area contributed by atoms with Gasteiger partial charge in [0.05, 0.1) is 0 Å². The molecule has 110 valence electrons. The number of Topliss-reactive ketones (excluding diaryl/α,β-unsaturated/α-hetero) is 1. The van der Waals surface area contributed by atoms with Crippen LogP contribution >= 0.6 is 0 Å². The fourth-order valence-electron chi connectivity index (χ4n) is 2.85. The number of carbonyl (C=O) groups is 1. The van der Waals surface area contributed by atoms with Crippen LogP contribution in [-0.2, 0) is 4.79 Å². The van der Waals surface area contributed by atoms with Gasteiger partial charge in [-0.05, 0) is 37.7 Å². The summed E-state index contributed by atoms with van der Waals surface area (Å²) >= 11 is 0. The molecule has 0 bridgehead atoms. The molecule has 0 spiro atoms. The van der Waals surface area contributed by atoms with Gasteiger partial charge in [0.15, 0.2) is 5.78 Å². The van der Waals surface area contributed by atoms with Gasteiger partial charge in [-0.25, -0.2) is 0 Å². The van der Waals surface area contributed by atoms with E-state index in [0.717, 1.165) is 31.3 Å². The Balaban J connectivity index is 2.26. The predicted octanol–water partition coefficient (Wildman–Crippen LogP) is 5.98. The van der Waals surface area contributed by atoms with Gasteiger partial charge >= 0.3 is 0 Å². The van der Waals surface area contributed by atoms with E-state index in [1.807, 2.05) is 0 Å². The van der Waals surface area contributed by atoms with Gasteiger partial charge in [0.2, 0.25) is 0 Å². The number of unbranched alkanes of at least 4 members (excludes halogenated alkanes) is 5. The van der Waals surface area contributed by atoms with Crippen LogP contribution in [0.4, 0.5) is 0 Å². The Morgan fingerprint density at radius 2 is 1.58 bits per heavy atom. The largest absolute Gasteiger partial charge is 0.295 e. The van der Waals surface area contributed by atoms with E-state index in [1.165, 1.54) is 64.2 Å². The van der Waals surface area contributed by atoms with Gasteiger partial charge < -0.3 is 0 Å². The van der Waals surface area contributed by atoms with Crippen molar-refractivity contribution in [1.82, 2.24) is 0 Å². The van der Waals surface area contributed by atoms with E-state index in [2.05, 4.69) is 13.0 Å². The normalized spacial score (nSPS) is 20.9. The van der Waals surface area contributed by atoms with Crippen LogP contribution in [-0.4, -0.2) is 5.78 Å². The highest BCUT2D eigenvalue weighted by Gasteiger charge is 2.10. The zero-order valence-electron chi connectivity index (χ0n) is 12.9. The number of hydrogen-bond acceptors (Lipinski definition) is 1. The quantitative estimate of drug-likeness (QED) is 0.517. The monoisotopic (exact) mass is 264 g/mol. The number of carbonyl (C=O) groups excluding carboxylic acids is 1. The molecule has 0 atom stereocenters. The molecule has 0 aromatic rings. The van der Waals surface area contributed by atoms with E-state index in [0.29, 0.717) is 5.78 Å². The van der Waals surface area contributed by atoms with E-state index in [9.17, 15) is 4.79 Å². The van der Waals surface area contributed by atoms with Gasteiger partial charge in [-0.2, -0.15) is 0 Å². The Hall–Kier alpha value is -0.590. The summed E-state index contributed by atoms with van der Waals surface area (Å²) in [4.78, 5) is 12.1. The highest BCUT2D eigenvalue weighted by molar-refractivity contribution is 5.95. The van der Waals surface area contributed by atoms with Crippen LogP contribution in [0.25, 0.3) is 0 Å². The lowest BCUT2D eigenvalue weighted by Crippen LogP contribution is -2.04. The van der Waals surface area contributed by atoms with Crippen LogP contribution in [0.3, 0.4) is 0 Å². The van der Waals surface area contributed by atoms with E-state index in [4.69, 9.17) is 0 Å². The molecule has 0 saturated carbocycles. The van der Waals surface area contributed by atoms with Gasteiger partial charge in [0.1, 0.15) is 0 Å². The lowest BCUT2D eigenvalue weighted by molar-refractivity contribution is -0.115. The Morgan fingerprint density at radius 3 is 2.42 bits per heavy atom. The molecule has 19 heavy (non-hydrogen) atoms. The molecular weight excluding hydrogens is 232 g/mol. The highest BCUT2D eigenvalue weighted by atomic mass is 16.1. The average molecular weight is 264 g/mol. The van der Waals surface area contributed by atoms with Crippen molar-refractivity contribution in [3.8, 4) is 0 Å². The lowest BCUT2D eigenvalue weighted by atomic mass is 9.95. The standard InChI is InChI=1S/C18H32O/c1-2-3-4-5-8-11-14-17-15-12-9-6-7-10-13-16-18(17)19/h15H,2-14,16H2,1H3/b17-15+. The zero-order valence-corrected chi connectivity index (χ0v) is 12.9. The molecule has 0 fully saturated rings. The molecule has 1 aliphatic rings. The summed E-state index contributed by atoms with van der Waals surface area (Å²) in [5, 5.41) is 0. The molecule has 1 aliphatic carbocycles. The van der Waals surface area contributed by atoms with Crippen molar-refractivity contribution in [2.24, 2.45) is 0 Å². The highest BCUT2D eigenvalue weighted by Crippen LogP contribution is 2.19. The topological polar surface area (TPSA) is 17.1 Å². The molecule has 0 aromatic carbocycles. The number of rotatable bonds is 7. The summed E-state index contributed by atoms with van der Waals surface area (Å²) in [6, 6.07) is 0. The summed E-state index contributed by atoms with van der Waals surface area (Å²) in [6.45, 7) is 2.25. The van der Waals surface area contributed by atoms with E-state index in [1.54, 1.807) is 0 Å². The molecule has 1 nitrogen and oxygen atoms in total. The molecule has 0 radical (unpaired) electrons.